The molecule has 0 unspecified atom stereocenters. The Balaban J connectivity index is 1.71. The van der Waals surface area contributed by atoms with E-state index in [1.807, 2.05) is 58.0 Å². The molecule has 4 nitrogen and oxygen atoms in total. The van der Waals surface area contributed by atoms with Crippen molar-refractivity contribution in [2.75, 3.05) is 13.1 Å². The molecule has 0 atom stereocenters. The molecule has 0 saturated carbocycles. The number of hydrogen-bond acceptors (Lipinski definition) is 2. The van der Waals surface area contributed by atoms with Crippen LogP contribution in [-0.2, 0) is 11.3 Å². The van der Waals surface area contributed by atoms with Gasteiger partial charge < -0.3 is 9.47 Å². The van der Waals surface area contributed by atoms with Crippen LogP contribution in [0.2, 0.25) is 5.02 Å². The van der Waals surface area contributed by atoms with E-state index in [0.717, 1.165) is 48.4 Å². The van der Waals surface area contributed by atoms with Gasteiger partial charge in [0.2, 0.25) is 5.91 Å². The van der Waals surface area contributed by atoms with Crippen molar-refractivity contribution in [3.8, 4) is 11.4 Å². The van der Waals surface area contributed by atoms with Crippen LogP contribution in [0.3, 0.4) is 0 Å². The quantitative estimate of drug-likeness (QED) is 0.677. The highest BCUT2D eigenvalue weighted by Gasteiger charge is 2.22. The molecule has 1 fully saturated rings. The van der Waals surface area contributed by atoms with Gasteiger partial charge in [-0.1, -0.05) is 42.8 Å². The maximum absolute atomic E-state index is 12.9. The smallest absolute Gasteiger partial charge is 0.242 e. The summed E-state index contributed by atoms with van der Waals surface area (Å²) >= 11 is 6.17. The van der Waals surface area contributed by atoms with Gasteiger partial charge >= 0.3 is 0 Å². The van der Waals surface area contributed by atoms with E-state index < -0.39 is 0 Å². The molecule has 0 aliphatic carbocycles. The number of halogens is 1. The molecule has 1 saturated heterocycles. The van der Waals surface area contributed by atoms with Gasteiger partial charge in [-0.15, -0.1) is 0 Å². The van der Waals surface area contributed by atoms with Gasteiger partial charge in [0.1, 0.15) is 12.4 Å². The number of carbonyl (C=O) groups is 1. The molecule has 26 heavy (non-hydrogen) atoms. The van der Waals surface area contributed by atoms with E-state index in [2.05, 4.69) is 6.92 Å². The van der Waals surface area contributed by atoms with Crippen molar-refractivity contribution in [3.63, 3.8) is 0 Å². The number of likely N-dealkylation sites (tertiary alicyclic amines) is 1. The summed E-state index contributed by atoms with van der Waals surface area (Å²) in [5.41, 5.74) is 2.79. The molecule has 134 valence electrons. The van der Waals surface area contributed by atoms with E-state index >= 15 is 0 Å². The van der Waals surface area contributed by atoms with Crippen molar-refractivity contribution in [2.45, 2.75) is 26.3 Å². The Kier molecular flexibility index (Phi) is 4.68. The Bertz CT molecular complexity index is 941. The second kappa shape index (κ2) is 7.12. The fourth-order valence-electron chi connectivity index (χ4n) is 3.58. The maximum Gasteiger partial charge on any atom is 0.242 e. The first-order valence-corrected chi connectivity index (χ1v) is 9.48. The third-order valence-electron chi connectivity index (χ3n) is 5.17. The van der Waals surface area contributed by atoms with Crippen molar-refractivity contribution in [2.24, 2.45) is 5.92 Å². The Hall–Kier alpha value is -2.33. The third-order valence-corrected chi connectivity index (χ3v) is 5.40. The molecule has 0 spiro atoms. The highest BCUT2D eigenvalue weighted by atomic mass is 35.5. The number of hydrogen-bond donors (Lipinski definition) is 0. The summed E-state index contributed by atoms with van der Waals surface area (Å²) in [6, 6.07) is 15.6. The first-order valence-electron chi connectivity index (χ1n) is 9.11. The molecule has 1 aliphatic rings. The zero-order chi connectivity index (χ0) is 18.1. The first kappa shape index (κ1) is 17.1. The zero-order valence-electron chi connectivity index (χ0n) is 14.9. The highest BCUT2D eigenvalue weighted by molar-refractivity contribution is 6.30. The number of amides is 1. The Morgan fingerprint density at radius 2 is 1.92 bits per heavy atom. The molecular formula is C21H22ClN3O. The Morgan fingerprint density at radius 1 is 1.15 bits per heavy atom. The second-order valence-electron chi connectivity index (χ2n) is 7.08. The predicted octanol–water partition coefficient (Wildman–Crippen LogP) is 4.62. The Morgan fingerprint density at radius 3 is 2.69 bits per heavy atom. The molecule has 0 bridgehead atoms. The van der Waals surface area contributed by atoms with E-state index in [1.165, 1.54) is 0 Å². The van der Waals surface area contributed by atoms with Crippen LogP contribution in [0, 0.1) is 5.92 Å². The lowest BCUT2D eigenvalue weighted by molar-refractivity contribution is -0.133. The fourth-order valence-corrected chi connectivity index (χ4v) is 3.77. The topological polar surface area (TPSA) is 38.1 Å². The summed E-state index contributed by atoms with van der Waals surface area (Å²) < 4.78 is 2.02. The zero-order valence-corrected chi connectivity index (χ0v) is 15.6. The third kappa shape index (κ3) is 3.34. The van der Waals surface area contributed by atoms with Gasteiger partial charge in [0.25, 0.3) is 0 Å². The van der Waals surface area contributed by atoms with Crippen molar-refractivity contribution in [1.29, 1.82) is 0 Å². The molecular weight excluding hydrogens is 346 g/mol. The number of benzene rings is 2. The SMILES string of the molecule is CC1CCN(C(=O)Cn2c(-c3cccc(Cl)c3)nc3ccccc32)CC1. The van der Waals surface area contributed by atoms with Gasteiger partial charge in [0.15, 0.2) is 0 Å². The largest absolute Gasteiger partial charge is 0.341 e. The van der Waals surface area contributed by atoms with E-state index in [-0.39, 0.29) is 5.91 Å². The van der Waals surface area contributed by atoms with Crippen LogP contribution in [0.25, 0.3) is 22.4 Å². The van der Waals surface area contributed by atoms with Crippen LogP contribution >= 0.6 is 11.6 Å². The van der Waals surface area contributed by atoms with E-state index in [9.17, 15) is 4.79 Å². The van der Waals surface area contributed by atoms with Gasteiger partial charge in [-0.2, -0.15) is 0 Å². The number of rotatable bonds is 3. The monoisotopic (exact) mass is 367 g/mol. The van der Waals surface area contributed by atoms with E-state index in [4.69, 9.17) is 16.6 Å². The minimum atomic E-state index is 0.156. The summed E-state index contributed by atoms with van der Waals surface area (Å²) in [7, 11) is 0. The molecule has 2 aromatic carbocycles. The average Bonchev–Trinajstić information content (AvgIpc) is 3.01. The molecule has 2 heterocycles. The van der Waals surface area contributed by atoms with Crippen molar-refractivity contribution < 1.29 is 4.79 Å². The number of imidazole rings is 1. The van der Waals surface area contributed by atoms with E-state index in [0.29, 0.717) is 17.5 Å². The lowest BCUT2D eigenvalue weighted by Crippen LogP contribution is -2.39. The molecule has 1 aromatic heterocycles. The van der Waals surface area contributed by atoms with Gasteiger partial charge in [0.05, 0.1) is 11.0 Å². The van der Waals surface area contributed by atoms with Crippen LogP contribution in [-0.4, -0.2) is 33.4 Å². The summed E-state index contributed by atoms with van der Waals surface area (Å²) in [6.45, 7) is 4.25. The van der Waals surface area contributed by atoms with Gasteiger partial charge in [-0.05, 0) is 43.0 Å². The normalized spacial score (nSPS) is 15.5. The maximum atomic E-state index is 12.9. The van der Waals surface area contributed by atoms with Gasteiger partial charge in [-0.25, -0.2) is 4.98 Å². The van der Waals surface area contributed by atoms with Crippen LogP contribution in [0.1, 0.15) is 19.8 Å². The second-order valence-corrected chi connectivity index (χ2v) is 7.52. The van der Waals surface area contributed by atoms with Gasteiger partial charge in [0, 0.05) is 23.7 Å². The van der Waals surface area contributed by atoms with Crippen molar-refractivity contribution in [1.82, 2.24) is 14.5 Å². The van der Waals surface area contributed by atoms with Crippen LogP contribution in [0.15, 0.2) is 48.5 Å². The number of fused-ring (bicyclic) bond motifs is 1. The molecule has 3 aromatic rings. The first-order chi connectivity index (χ1) is 12.6. The Labute approximate surface area is 158 Å². The van der Waals surface area contributed by atoms with Gasteiger partial charge in [-0.3, -0.25) is 4.79 Å². The molecule has 0 radical (unpaired) electrons. The number of nitrogens with zero attached hydrogens (tertiary/aromatic N) is 3. The lowest BCUT2D eigenvalue weighted by Gasteiger charge is -2.30. The fraction of sp³-hybridized carbons (Fsp3) is 0.333. The van der Waals surface area contributed by atoms with Crippen LogP contribution < -0.4 is 0 Å². The summed E-state index contributed by atoms with van der Waals surface area (Å²) in [5.74, 6) is 1.64. The van der Waals surface area contributed by atoms with E-state index in [1.54, 1.807) is 0 Å². The number of aromatic nitrogens is 2. The predicted molar refractivity (Wildman–Crippen MR) is 105 cm³/mol. The molecule has 1 aliphatic heterocycles. The van der Waals surface area contributed by atoms with Crippen molar-refractivity contribution in [3.05, 3.63) is 53.6 Å². The molecule has 1 amide bonds. The average molecular weight is 368 g/mol. The molecule has 0 N–H and O–H groups in total. The molecule has 4 rings (SSSR count). The standard InChI is InChI=1S/C21H22ClN3O/c1-15-9-11-24(12-10-15)20(26)14-25-19-8-3-2-7-18(19)23-21(25)16-5-4-6-17(22)13-16/h2-8,13,15H,9-12,14H2,1H3. The number of piperidine rings is 1. The minimum Gasteiger partial charge on any atom is -0.341 e. The molecule has 5 heteroatoms. The van der Waals surface area contributed by atoms with Crippen molar-refractivity contribution >= 4 is 28.5 Å². The summed E-state index contributed by atoms with van der Waals surface area (Å²) in [6.07, 6.45) is 2.16. The van der Waals surface area contributed by atoms with Crippen LogP contribution in [0.4, 0.5) is 0 Å². The summed E-state index contributed by atoms with van der Waals surface area (Å²) in [4.78, 5) is 19.7. The van der Waals surface area contributed by atoms with Crippen LogP contribution in [0.5, 0.6) is 0 Å². The number of carbonyl (C=O) groups excluding carboxylic acids is 1. The number of para-hydroxylation sites is 2. The highest BCUT2D eigenvalue weighted by Crippen LogP contribution is 2.27. The minimum absolute atomic E-state index is 0.156. The lowest BCUT2D eigenvalue weighted by atomic mass is 9.99. The summed E-state index contributed by atoms with van der Waals surface area (Å²) in [5, 5.41) is 0.664.